The van der Waals surface area contributed by atoms with Gasteiger partial charge >= 0.3 is 5.97 Å². The van der Waals surface area contributed by atoms with Crippen molar-refractivity contribution in [2.24, 2.45) is 0 Å². The fourth-order valence-electron chi connectivity index (χ4n) is 4.89. The van der Waals surface area contributed by atoms with E-state index < -0.39 is 11.5 Å². The number of nitrogen functional groups attached to an aromatic ring is 1. The normalized spacial score (nSPS) is 10.8. The van der Waals surface area contributed by atoms with Gasteiger partial charge in [0.1, 0.15) is 12.3 Å². The third kappa shape index (κ3) is 5.42. The SMILES string of the molecule is COC(=O)c1c(-c2cc(OC)c(OC)c(OC)c2)c2cc(OC)c(OCc3ccsc3)cc2c(=O)n1-c1ccc(N)cc1. The number of carbonyl (C=O) groups is 1. The van der Waals surface area contributed by atoms with Crippen LogP contribution in [0.2, 0.25) is 0 Å². The topological polar surface area (TPSA) is 120 Å². The van der Waals surface area contributed by atoms with E-state index in [0.29, 0.717) is 56.6 Å². The molecular formula is C32H30N2O8S. The zero-order valence-corrected chi connectivity index (χ0v) is 25.1. The van der Waals surface area contributed by atoms with Crippen LogP contribution in [0.5, 0.6) is 28.7 Å². The number of hydrogen-bond acceptors (Lipinski definition) is 10. The van der Waals surface area contributed by atoms with Crippen LogP contribution >= 0.6 is 11.3 Å². The van der Waals surface area contributed by atoms with E-state index in [1.54, 1.807) is 59.9 Å². The number of pyridine rings is 1. The van der Waals surface area contributed by atoms with Gasteiger partial charge in [-0.25, -0.2) is 4.79 Å². The summed E-state index contributed by atoms with van der Waals surface area (Å²) in [6.45, 7) is 0.275. The summed E-state index contributed by atoms with van der Waals surface area (Å²) in [4.78, 5) is 27.9. The predicted molar refractivity (Wildman–Crippen MR) is 166 cm³/mol. The molecule has 0 saturated heterocycles. The number of nitrogens with two attached hydrogens (primary N) is 1. The first-order chi connectivity index (χ1) is 20.8. The van der Waals surface area contributed by atoms with Crippen molar-refractivity contribution < 1.29 is 33.2 Å². The fourth-order valence-corrected chi connectivity index (χ4v) is 5.54. The number of esters is 1. The van der Waals surface area contributed by atoms with Gasteiger partial charge in [0.05, 0.1) is 40.9 Å². The van der Waals surface area contributed by atoms with Gasteiger partial charge in [-0.2, -0.15) is 11.3 Å². The van der Waals surface area contributed by atoms with Gasteiger partial charge in [0.15, 0.2) is 23.0 Å². The Morgan fingerprint density at radius 2 is 1.47 bits per heavy atom. The van der Waals surface area contributed by atoms with Crippen LogP contribution in [0.1, 0.15) is 16.1 Å². The zero-order valence-electron chi connectivity index (χ0n) is 24.3. The molecule has 5 rings (SSSR count). The number of thiophene rings is 1. The maximum absolute atomic E-state index is 14.3. The molecule has 0 radical (unpaired) electrons. The third-order valence-electron chi connectivity index (χ3n) is 6.92. The van der Waals surface area contributed by atoms with Gasteiger partial charge in [-0.3, -0.25) is 9.36 Å². The minimum absolute atomic E-state index is 0.0203. The number of nitrogens with zero attached hydrogens (tertiary/aromatic N) is 1. The molecule has 0 amide bonds. The zero-order chi connectivity index (χ0) is 30.7. The first-order valence-electron chi connectivity index (χ1n) is 13.0. The standard InChI is InChI=1S/C32H30N2O8S/c1-37-24-14-22-23(15-25(24)42-16-18-10-11-43-17-18)31(35)34(21-8-6-20(33)7-9-21)29(32(36)41-5)28(22)19-12-26(38-2)30(40-4)27(13-19)39-3/h6-15,17H,16,33H2,1-5H3. The quantitative estimate of drug-likeness (QED) is 0.158. The van der Waals surface area contributed by atoms with Crippen molar-refractivity contribution in [2.45, 2.75) is 6.61 Å². The predicted octanol–water partition coefficient (Wildman–Crippen LogP) is 5.70. The van der Waals surface area contributed by atoms with Crippen LogP contribution in [0, 0.1) is 0 Å². The van der Waals surface area contributed by atoms with E-state index in [2.05, 4.69) is 0 Å². The van der Waals surface area contributed by atoms with Crippen LogP contribution in [-0.2, 0) is 11.3 Å². The summed E-state index contributed by atoms with van der Waals surface area (Å²) in [5, 5.41) is 4.63. The molecule has 0 atom stereocenters. The Bertz CT molecular complexity index is 1820. The molecule has 0 spiro atoms. The lowest BCUT2D eigenvalue weighted by Crippen LogP contribution is -2.27. The Balaban J connectivity index is 1.92. The lowest BCUT2D eigenvalue weighted by Gasteiger charge is -2.21. The number of anilines is 1. The second-order valence-electron chi connectivity index (χ2n) is 9.33. The monoisotopic (exact) mass is 602 g/mol. The smallest absolute Gasteiger partial charge is 0.355 e. The summed E-state index contributed by atoms with van der Waals surface area (Å²) in [5.74, 6) is 1.07. The second kappa shape index (κ2) is 12.4. The Hall–Kier alpha value is -5.16. The molecule has 0 aliphatic carbocycles. The molecule has 0 fully saturated rings. The molecule has 2 N–H and O–H groups in total. The molecule has 11 heteroatoms. The van der Waals surface area contributed by atoms with Crippen molar-refractivity contribution in [1.29, 1.82) is 0 Å². The first kappa shape index (κ1) is 29.3. The molecule has 3 aromatic carbocycles. The van der Waals surface area contributed by atoms with Gasteiger partial charge in [-0.1, -0.05) is 0 Å². The number of hydrogen-bond donors (Lipinski definition) is 1. The molecule has 0 unspecified atom stereocenters. The van der Waals surface area contributed by atoms with Crippen molar-refractivity contribution >= 4 is 33.8 Å². The average molecular weight is 603 g/mol. The molecule has 0 aliphatic heterocycles. The van der Waals surface area contributed by atoms with Crippen LogP contribution in [0.3, 0.4) is 0 Å². The molecule has 0 saturated carbocycles. The summed E-state index contributed by atoms with van der Waals surface area (Å²) in [7, 11) is 7.25. The van der Waals surface area contributed by atoms with Crippen LogP contribution in [0.25, 0.3) is 27.6 Å². The first-order valence-corrected chi connectivity index (χ1v) is 14.0. The highest BCUT2D eigenvalue weighted by atomic mass is 32.1. The van der Waals surface area contributed by atoms with E-state index in [9.17, 15) is 9.59 Å². The van der Waals surface area contributed by atoms with Crippen LogP contribution in [-0.4, -0.2) is 46.1 Å². The van der Waals surface area contributed by atoms with Crippen molar-refractivity contribution in [2.75, 3.05) is 41.3 Å². The van der Waals surface area contributed by atoms with E-state index in [0.717, 1.165) is 5.56 Å². The van der Waals surface area contributed by atoms with Gasteiger partial charge in [0, 0.05) is 22.3 Å². The Morgan fingerprint density at radius 1 is 0.814 bits per heavy atom. The van der Waals surface area contributed by atoms with E-state index in [4.69, 9.17) is 34.2 Å². The third-order valence-corrected chi connectivity index (χ3v) is 7.66. The van der Waals surface area contributed by atoms with Crippen LogP contribution in [0.15, 0.2) is 70.2 Å². The van der Waals surface area contributed by atoms with Gasteiger partial charge in [-0.05, 0) is 76.5 Å². The van der Waals surface area contributed by atoms with Crippen LogP contribution < -0.4 is 35.0 Å². The molecule has 0 aliphatic rings. The lowest BCUT2D eigenvalue weighted by molar-refractivity contribution is 0.0591. The highest BCUT2D eigenvalue weighted by molar-refractivity contribution is 7.07. The van der Waals surface area contributed by atoms with Gasteiger partial charge < -0.3 is 34.2 Å². The Morgan fingerprint density at radius 3 is 2.02 bits per heavy atom. The second-order valence-corrected chi connectivity index (χ2v) is 10.1. The molecule has 43 heavy (non-hydrogen) atoms. The maximum atomic E-state index is 14.3. The van der Waals surface area contributed by atoms with E-state index in [-0.39, 0.29) is 17.7 Å². The molecule has 222 valence electrons. The molecule has 5 aromatic rings. The fraction of sp³-hybridized carbons (Fsp3) is 0.188. The largest absolute Gasteiger partial charge is 0.493 e. The number of rotatable bonds is 10. The lowest BCUT2D eigenvalue weighted by atomic mass is 9.95. The Labute approximate surface area is 251 Å². The van der Waals surface area contributed by atoms with Crippen LogP contribution in [0.4, 0.5) is 5.69 Å². The summed E-state index contributed by atoms with van der Waals surface area (Å²) in [6.07, 6.45) is 0. The number of benzene rings is 3. The number of fused-ring (bicyclic) bond motifs is 1. The highest BCUT2D eigenvalue weighted by Crippen LogP contribution is 2.45. The summed E-state index contributed by atoms with van der Waals surface area (Å²) >= 11 is 1.56. The minimum atomic E-state index is -0.740. The summed E-state index contributed by atoms with van der Waals surface area (Å²) in [6, 6.07) is 15.3. The van der Waals surface area contributed by atoms with E-state index in [1.165, 1.54) is 40.1 Å². The number of carbonyl (C=O) groups excluding carboxylic acids is 1. The molecular weight excluding hydrogens is 572 g/mol. The van der Waals surface area contributed by atoms with Gasteiger partial charge in [-0.15, -0.1) is 0 Å². The van der Waals surface area contributed by atoms with Gasteiger partial charge in [0.25, 0.3) is 5.56 Å². The van der Waals surface area contributed by atoms with E-state index >= 15 is 0 Å². The van der Waals surface area contributed by atoms with Crippen molar-refractivity contribution in [3.63, 3.8) is 0 Å². The average Bonchev–Trinajstić information content (AvgIpc) is 3.56. The van der Waals surface area contributed by atoms with Crippen molar-refractivity contribution in [3.05, 3.63) is 87.0 Å². The maximum Gasteiger partial charge on any atom is 0.355 e. The Kier molecular flexibility index (Phi) is 8.44. The van der Waals surface area contributed by atoms with E-state index in [1.807, 2.05) is 16.8 Å². The molecule has 0 bridgehead atoms. The van der Waals surface area contributed by atoms with Crippen molar-refractivity contribution in [1.82, 2.24) is 4.57 Å². The highest BCUT2D eigenvalue weighted by Gasteiger charge is 2.28. The summed E-state index contributed by atoms with van der Waals surface area (Å²) < 4.78 is 35.1. The summed E-state index contributed by atoms with van der Waals surface area (Å²) in [5.41, 5.74) is 8.21. The molecule has 2 aromatic heterocycles. The molecule has 10 nitrogen and oxygen atoms in total. The minimum Gasteiger partial charge on any atom is -0.493 e. The molecule has 2 heterocycles. The number of ether oxygens (including phenoxy) is 6. The number of methoxy groups -OCH3 is 5. The number of aromatic nitrogens is 1. The van der Waals surface area contributed by atoms with Gasteiger partial charge in [0.2, 0.25) is 5.75 Å². The van der Waals surface area contributed by atoms with Crippen molar-refractivity contribution in [3.8, 4) is 45.6 Å².